The Hall–Kier alpha value is -1.68. The van der Waals surface area contributed by atoms with Gasteiger partial charge in [0.15, 0.2) is 0 Å². The van der Waals surface area contributed by atoms with Crippen LogP contribution in [-0.2, 0) is 12.0 Å². The molecule has 0 fully saturated rings. The van der Waals surface area contributed by atoms with Crippen LogP contribution in [0, 0.1) is 0 Å². The van der Waals surface area contributed by atoms with E-state index < -0.39 is 0 Å². The second-order valence-electron chi connectivity index (χ2n) is 5.17. The fourth-order valence-corrected chi connectivity index (χ4v) is 1.93. The molecule has 0 aliphatic rings. The summed E-state index contributed by atoms with van der Waals surface area (Å²) in [7, 11) is 0. The van der Waals surface area contributed by atoms with Crippen molar-refractivity contribution < 1.29 is 4.42 Å². The summed E-state index contributed by atoms with van der Waals surface area (Å²) in [5.41, 5.74) is 0.906. The van der Waals surface area contributed by atoms with Crippen LogP contribution in [0.2, 0.25) is 0 Å². The van der Waals surface area contributed by atoms with Crippen molar-refractivity contribution in [2.24, 2.45) is 0 Å². The Kier molecular flexibility index (Phi) is 4.32. The molecule has 1 N–H and O–H groups in total. The fraction of sp³-hybridized carbons (Fsp3) is 0.467. The second-order valence-corrected chi connectivity index (χ2v) is 5.17. The highest BCUT2D eigenvalue weighted by Gasteiger charge is 2.29. The van der Waals surface area contributed by atoms with Gasteiger partial charge in [0.25, 0.3) is 0 Å². The molecule has 0 atom stereocenters. The zero-order valence-electron chi connectivity index (χ0n) is 11.8. The SMILES string of the molecule is CCCNCc1nnc(C(C)(C)c2ccccc2)o1. The van der Waals surface area contributed by atoms with Crippen molar-refractivity contribution in [3.05, 3.63) is 47.7 Å². The number of hydrogen-bond donors (Lipinski definition) is 1. The first-order chi connectivity index (χ1) is 9.14. The van der Waals surface area contributed by atoms with E-state index in [2.05, 4.69) is 48.4 Å². The van der Waals surface area contributed by atoms with Gasteiger partial charge in [0.1, 0.15) is 0 Å². The quantitative estimate of drug-likeness (QED) is 0.810. The summed E-state index contributed by atoms with van der Waals surface area (Å²) in [6, 6.07) is 10.2. The summed E-state index contributed by atoms with van der Waals surface area (Å²) in [5.74, 6) is 1.31. The Morgan fingerprint density at radius 1 is 1.16 bits per heavy atom. The Morgan fingerprint density at radius 3 is 2.58 bits per heavy atom. The molecule has 0 radical (unpaired) electrons. The van der Waals surface area contributed by atoms with Crippen molar-refractivity contribution in [3.63, 3.8) is 0 Å². The van der Waals surface area contributed by atoms with Gasteiger partial charge >= 0.3 is 0 Å². The van der Waals surface area contributed by atoms with E-state index in [1.165, 1.54) is 5.56 Å². The zero-order valence-corrected chi connectivity index (χ0v) is 11.8. The Bertz CT molecular complexity index is 505. The van der Waals surface area contributed by atoms with Crippen LogP contribution in [0.4, 0.5) is 0 Å². The lowest BCUT2D eigenvalue weighted by Crippen LogP contribution is -2.19. The molecule has 1 aromatic carbocycles. The first kappa shape index (κ1) is 13.7. The molecule has 4 nitrogen and oxygen atoms in total. The average Bonchev–Trinajstić information content (AvgIpc) is 2.90. The number of aromatic nitrogens is 2. The van der Waals surface area contributed by atoms with Crippen LogP contribution in [0.15, 0.2) is 34.7 Å². The lowest BCUT2D eigenvalue weighted by molar-refractivity contribution is 0.379. The van der Waals surface area contributed by atoms with Gasteiger partial charge in [-0.3, -0.25) is 0 Å². The molecule has 0 aliphatic heterocycles. The summed E-state index contributed by atoms with van der Waals surface area (Å²) < 4.78 is 5.76. The van der Waals surface area contributed by atoms with E-state index in [1.54, 1.807) is 0 Å². The van der Waals surface area contributed by atoms with Crippen LogP contribution in [0.1, 0.15) is 44.5 Å². The van der Waals surface area contributed by atoms with Gasteiger partial charge in [0.05, 0.1) is 12.0 Å². The molecule has 0 saturated heterocycles. The Balaban J connectivity index is 2.13. The lowest BCUT2D eigenvalue weighted by Gasteiger charge is -2.20. The third-order valence-corrected chi connectivity index (χ3v) is 3.20. The van der Waals surface area contributed by atoms with Crippen molar-refractivity contribution in [1.82, 2.24) is 15.5 Å². The zero-order chi connectivity index (χ0) is 13.7. The van der Waals surface area contributed by atoms with Gasteiger partial charge in [-0.05, 0) is 32.4 Å². The molecular weight excluding hydrogens is 238 g/mol. The van der Waals surface area contributed by atoms with Crippen molar-refractivity contribution in [2.75, 3.05) is 6.54 Å². The summed E-state index contributed by atoms with van der Waals surface area (Å²) in [4.78, 5) is 0. The molecule has 0 amide bonds. The van der Waals surface area contributed by atoms with Crippen LogP contribution < -0.4 is 5.32 Å². The predicted molar refractivity (Wildman–Crippen MR) is 74.9 cm³/mol. The van der Waals surface area contributed by atoms with Gasteiger partial charge in [-0.25, -0.2) is 0 Å². The van der Waals surface area contributed by atoms with Crippen molar-refractivity contribution in [1.29, 1.82) is 0 Å². The van der Waals surface area contributed by atoms with E-state index in [4.69, 9.17) is 4.42 Å². The summed E-state index contributed by atoms with van der Waals surface area (Å²) >= 11 is 0. The van der Waals surface area contributed by atoms with Gasteiger partial charge in [0, 0.05) is 0 Å². The maximum absolute atomic E-state index is 5.76. The Labute approximate surface area is 114 Å². The first-order valence-corrected chi connectivity index (χ1v) is 6.73. The minimum absolute atomic E-state index is 0.267. The third-order valence-electron chi connectivity index (χ3n) is 3.20. The van der Waals surface area contributed by atoms with Gasteiger partial charge in [-0.2, -0.15) is 0 Å². The topological polar surface area (TPSA) is 51.0 Å². The molecule has 0 saturated carbocycles. The van der Waals surface area contributed by atoms with Crippen LogP contribution in [0.3, 0.4) is 0 Å². The van der Waals surface area contributed by atoms with E-state index in [0.717, 1.165) is 13.0 Å². The normalized spacial score (nSPS) is 11.7. The number of nitrogens with zero attached hydrogens (tertiary/aromatic N) is 2. The Morgan fingerprint density at radius 2 is 1.89 bits per heavy atom. The van der Waals surface area contributed by atoms with Crippen molar-refractivity contribution in [2.45, 2.75) is 39.2 Å². The molecule has 19 heavy (non-hydrogen) atoms. The molecular formula is C15H21N3O. The second kappa shape index (κ2) is 5.97. The highest BCUT2D eigenvalue weighted by atomic mass is 16.4. The summed E-state index contributed by atoms with van der Waals surface area (Å²) in [5, 5.41) is 11.5. The average molecular weight is 259 g/mol. The van der Waals surface area contributed by atoms with Gasteiger partial charge < -0.3 is 9.73 Å². The maximum Gasteiger partial charge on any atom is 0.230 e. The molecule has 4 heteroatoms. The highest BCUT2D eigenvalue weighted by molar-refractivity contribution is 5.29. The smallest absolute Gasteiger partial charge is 0.230 e. The molecule has 1 heterocycles. The minimum atomic E-state index is -0.267. The number of rotatable bonds is 6. The fourth-order valence-electron chi connectivity index (χ4n) is 1.93. The summed E-state index contributed by atoms with van der Waals surface area (Å²) in [6.07, 6.45) is 1.09. The van der Waals surface area contributed by atoms with Gasteiger partial charge in [0.2, 0.25) is 11.8 Å². The first-order valence-electron chi connectivity index (χ1n) is 6.73. The maximum atomic E-state index is 5.76. The van der Waals surface area contributed by atoms with Crippen LogP contribution in [0.5, 0.6) is 0 Å². The minimum Gasteiger partial charge on any atom is -0.423 e. The third kappa shape index (κ3) is 3.20. The molecule has 102 valence electrons. The molecule has 0 spiro atoms. The number of nitrogens with one attached hydrogen (secondary N) is 1. The predicted octanol–water partition coefficient (Wildman–Crippen LogP) is 2.90. The van der Waals surface area contributed by atoms with E-state index in [1.807, 2.05) is 18.2 Å². The molecule has 1 aromatic heterocycles. The molecule has 0 aliphatic carbocycles. The van der Waals surface area contributed by atoms with Gasteiger partial charge in [-0.15, -0.1) is 10.2 Å². The van der Waals surface area contributed by atoms with Crippen LogP contribution in [-0.4, -0.2) is 16.7 Å². The van der Waals surface area contributed by atoms with Crippen molar-refractivity contribution >= 4 is 0 Å². The molecule has 2 rings (SSSR count). The van der Waals surface area contributed by atoms with E-state index in [-0.39, 0.29) is 5.41 Å². The van der Waals surface area contributed by atoms with Gasteiger partial charge in [-0.1, -0.05) is 37.3 Å². The van der Waals surface area contributed by atoms with Crippen LogP contribution >= 0.6 is 0 Å². The molecule has 2 aromatic rings. The lowest BCUT2D eigenvalue weighted by atomic mass is 9.85. The number of benzene rings is 1. The van der Waals surface area contributed by atoms with E-state index >= 15 is 0 Å². The standard InChI is InChI=1S/C15H21N3O/c1-4-10-16-11-13-17-18-14(19-13)15(2,3)12-8-6-5-7-9-12/h5-9,16H,4,10-11H2,1-3H3. The van der Waals surface area contributed by atoms with E-state index in [0.29, 0.717) is 18.3 Å². The van der Waals surface area contributed by atoms with E-state index in [9.17, 15) is 0 Å². The highest BCUT2D eigenvalue weighted by Crippen LogP contribution is 2.29. The summed E-state index contributed by atoms with van der Waals surface area (Å²) in [6.45, 7) is 7.91. The van der Waals surface area contributed by atoms with Crippen molar-refractivity contribution in [3.8, 4) is 0 Å². The molecule has 0 unspecified atom stereocenters. The monoisotopic (exact) mass is 259 g/mol. The number of hydrogen-bond acceptors (Lipinski definition) is 4. The van der Waals surface area contributed by atoms with Crippen LogP contribution in [0.25, 0.3) is 0 Å². The molecule has 0 bridgehead atoms. The largest absolute Gasteiger partial charge is 0.423 e.